The van der Waals surface area contributed by atoms with Crippen LogP contribution < -0.4 is 5.32 Å². The Morgan fingerprint density at radius 2 is 1.92 bits per heavy atom. The van der Waals surface area contributed by atoms with Gasteiger partial charge in [-0.2, -0.15) is 5.10 Å². The van der Waals surface area contributed by atoms with Crippen LogP contribution in [-0.4, -0.2) is 26.3 Å². The lowest BCUT2D eigenvalue weighted by atomic mass is 10.2. The number of carbonyl (C=O) groups excluding carboxylic acids is 1. The third-order valence-electron chi connectivity index (χ3n) is 4.35. The maximum absolute atomic E-state index is 12.9. The molecule has 5 nitrogen and oxygen atoms in total. The van der Waals surface area contributed by atoms with Gasteiger partial charge in [0.15, 0.2) is 5.82 Å². The number of hydrogen-bond acceptors (Lipinski definition) is 2. The fourth-order valence-corrected chi connectivity index (χ4v) is 2.83. The number of rotatable bonds is 5. The first-order valence-electron chi connectivity index (χ1n) is 8.62. The van der Waals surface area contributed by atoms with Crippen LogP contribution in [0.1, 0.15) is 41.9 Å². The average molecular weight is 336 g/mol. The molecule has 0 unspecified atom stereocenters. The van der Waals surface area contributed by atoms with Crippen molar-refractivity contribution < 1.29 is 4.79 Å². The standard InChI is InChI=1S/C20H24N4O/c1-5-15(3)21-19(25)18-16(4)22-24(17-10-8-9-14(2)13-17)20(18)23-11-6-7-12-23/h6-13,15H,5H2,1-4H3,(H,21,25)/t15-/m1/s1. The summed E-state index contributed by atoms with van der Waals surface area (Å²) in [6.07, 6.45) is 4.75. The Hall–Kier alpha value is -2.82. The zero-order chi connectivity index (χ0) is 18.0. The molecule has 0 bridgehead atoms. The monoisotopic (exact) mass is 336 g/mol. The molecule has 0 aliphatic rings. The Morgan fingerprint density at radius 1 is 1.20 bits per heavy atom. The molecule has 0 aliphatic heterocycles. The van der Waals surface area contributed by atoms with Crippen LogP contribution in [0.4, 0.5) is 0 Å². The number of hydrogen-bond donors (Lipinski definition) is 1. The Balaban J connectivity index is 2.17. The van der Waals surface area contributed by atoms with E-state index in [1.807, 2.05) is 72.7 Å². The molecule has 0 fully saturated rings. The van der Waals surface area contributed by atoms with E-state index in [2.05, 4.69) is 23.4 Å². The minimum Gasteiger partial charge on any atom is -0.349 e. The zero-order valence-corrected chi connectivity index (χ0v) is 15.2. The van der Waals surface area contributed by atoms with Crippen molar-refractivity contribution in [3.63, 3.8) is 0 Å². The van der Waals surface area contributed by atoms with Gasteiger partial charge in [-0.1, -0.05) is 19.1 Å². The van der Waals surface area contributed by atoms with E-state index in [0.717, 1.165) is 23.5 Å². The molecule has 1 N–H and O–H groups in total. The van der Waals surface area contributed by atoms with Crippen molar-refractivity contribution in [2.24, 2.45) is 0 Å². The smallest absolute Gasteiger partial charge is 0.257 e. The Kier molecular flexibility index (Phi) is 4.74. The molecule has 0 aliphatic carbocycles. The van der Waals surface area contributed by atoms with Crippen molar-refractivity contribution in [1.29, 1.82) is 0 Å². The molecule has 25 heavy (non-hydrogen) atoms. The first-order valence-corrected chi connectivity index (χ1v) is 8.62. The summed E-state index contributed by atoms with van der Waals surface area (Å²) in [6, 6.07) is 12.1. The number of carbonyl (C=O) groups is 1. The summed E-state index contributed by atoms with van der Waals surface area (Å²) in [7, 11) is 0. The molecule has 0 spiro atoms. The van der Waals surface area contributed by atoms with Crippen molar-refractivity contribution in [3.05, 3.63) is 65.6 Å². The molecule has 2 aromatic heterocycles. The van der Waals surface area contributed by atoms with Crippen LogP contribution in [0.3, 0.4) is 0 Å². The summed E-state index contributed by atoms with van der Waals surface area (Å²) in [5, 5.41) is 7.73. The van der Waals surface area contributed by atoms with Crippen molar-refractivity contribution >= 4 is 5.91 Å². The fraction of sp³-hybridized carbons (Fsp3) is 0.300. The van der Waals surface area contributed by atoms with Gasteiger partial charge in [-0.25, -0.2) is 4.68 Å². The SMILES string of the molecule is CC[C@@H](C)NC(=O)c1c(C)nn(-c2cccc(C)c2)c1-n1cccc1. The number of amides is 1. The number of nitrogens with one attached hydrogen (secondary N) is 1. The van der Waals surface area contributed by atoms with Gasteiger partial charge >= 0.3 is 0 Å². The summed E-state index contributed by atoms with van der Waals surface area (Å²) in [5.74, 6) is 0.670. The molecule has 3 rings (SSSR count). The van der Waals surface area contributed by atoms with E-state index in [1.54, 1.807) is 0 Å². The number of nitrogens with zero attached hydrogens (tertiary/aromatic N) is 3. The highest BCUT2D eigenvalue weighted by atomic mass is 16.1. The lowest BCUT2D eigenvalue weighted by Gasteiger charge is -2.14. The third kappa shape index (κ3) is 3.36. The predicted octanol–water partition coefficient (Wildman–Crippen LogP) is 3.81. The molecule has 0 saturated carbocycles. The van der Waals surface area contributed by atoms with Crippen molar-refractivity contribution in [2.45, 2.75) is 40.2 Å². The molecule has 0 saturated heterocycles. The molecule has 0 radical (unpaired) electrons. The first kappa shape index (κ1) is 17.0. The van der Waals surface area contributed by atoms with Gasteiger partial charge in [0, 0.05) is 18.4 Å². The highest BCUT2D eigenvalue weighted by Crippen LogP contribution is 2.23. The van der Waals surface area contributed by atoms with Crippen LogP contribution in [-0.2, 0) is 0 Å². The summed E-state index contributed by atoms with van der Waals surface area (Å²) >= 11 is 0. The minimum atomic E-state index is -0.0885. The van der Waals surface area contributed by atoms with Gasteiger partial charge in [-0.15, -0.1) is 0 Å². The van der Waals surface area contributed by atoms with Gasteiger partial charge in [-0.05, 0) is 57.0 Å². The van der Waals surface area contributed by atoms with E-state index in [-0.39, 0.29) is 11.9 Å². The van der Waals surface area contributed by atoms with Gasteiger partial charge in [0.05, 0.1) is 11.4 Å². The van der Waals surface area contributed by atoms with E-state index in [1.165, 1.54) is 0 Å². The highest BCUT2D eigenvalue weighted by molar-refractivity contribution is 5.98. The maximum atomic E-state index is 12.9. The minimum absolute atomic E-state index is 0.0885. The van der Waals surface area contributed by atoms with Crippen molar-refractivity contribution in [3.8, 4) is 11.5 Å². The van der Waals surface area contributed by atoms with E-state index < -0.39 is 0 Å². The summed E-state index contributed by atoms with van der Waals surface area (Å²) < 4.78 is 3.78. The molecular weight excluding hydrogens is 312 g/mol. The Morgan fingerprint density at radius 3 is 2.56 bits per heavy atom. The summed E-state index contributed by atoms with van der Waals surface area (Å²) in [6.45, 7) is 7.99. The molecule has 1 aromatic carbocycles. The highest BCUT2D eigenvalue weighted by Gasteiger charge is 2.24. The van der Waals surface area contributed by atoms with Gasteiger partial charge in [0.2, 0.25) is 0 Å². The second kappa shape index (κ2) is 6.97. The van der Waals surface area contributed by atoms with Crippen LogP contribution >= 0.6 is 0 Å². The first-order chi connectivity index (χ1) is 12.0. The quantitative estimate of drug-likeness (QED) is 0.770. The molecular formula is C20H24N4O. The average Bonchev–Trinajstić information content (AvgIpc) is 3.21. The van der Waals surface area contributed by atoms with Gasteiger partial charge < -0.3 is 9.88 Å². The van der Waals surface area contributed by atoms with Crippen LogP contribution in [0.2, 0.25) is 0 Å². The van der Waals surface area contributed by atoms with Crippen molar-refractivity contribution in [1.82, 2.24) is 19.7 Å². The third-order valence-corrected chi connectivity index (χ3v) is 4.35. The zero-order valence-electron chi connectivity index (χ0n) is 15.2. The second-order valence-corrected chi connectivity index (χ2v) is 6.41. The van der Waals surface area contributed by atoms with E-state index in [9.17, 15) is 4.79 Å². The van der Waals surface area contributed by atoms with Gasteiger partial charge in [-0.3, -0.25) is 4.79 Å². The van der Waals surface area contributed by atoms with E-state index in [0.29, 0.717) is 11.3 Å². The van der Waals surface area contributed by atoms with Crippen LogP contribution in [0.25, 0.3) is 11.5 Å². The summed E-state index contributed by atoms with van der Waals surface area (Å²) in [5.41, 5.74) is 3.41. The van der Waals surface area contributed by atoms with Crippen LogP contribution in [0, 0.1) is 13.8 Å². The van der Waals surface area contributed by atoms with Crippen molar-refractivity contribution in [2.75, 3.05) is 0 Å². The Labute approximate surface area is 148 Å². The number of aryl methyl sites for hydroxylation is 2. The Bertz CT molecular complexity index is 877. The molecule has 1 amide bonds. The maximum Gasteiger partial charge on any atom is 0.257 e. The fourth-order valence-electron chi connectivity index (χ4n) is 2.83. The largest absolute Gasteiger partial charge is 0.349 e. The van der Waals surface area contributed by atoms with Crippen LogP contribution in [0.5, 0.6) is 0 Å². The molecule has 3 aromatic rings. The predicted molar refractivity (Wildman–Crippen MR) is 99.6 cm³/mol. The molecule has 2 heterocycles. The summed E-state index contributed by atoms with van der Waals surface area (Å²) in [4.78, 5) is 12.9. The lowest BCUT2D eigenvalue weighted by Crippen LogP contribution is -2.32. The molecule has 130 valence electrons. The molecule has 5 heteroatoms. The van der Waals surface area contributed by atoms with Crippen LogP contribution in [0.15, 0.2) is 48.8 Å². The van der Waals surface area contributed by atoms with E-state index >= 15 is 0 Å². The molecule has 1 atom stereocenters. The van der Waals surface area contributed by atoms with Gasteiger partial charge in [0.25, 0.3) is 5.91 Å². The normalized spacial score (nSPS) is 12.2. The number of aromatic nitrogens is 3. The topological polar surface area (TPSA) is 51.9 Å². The number of benzene rings is 1. The second-order valence-electron chi connectivity index (χ2n) is 6.41. The van der Waals surface area contributed by atoms with E-state index in [4.69, 9.17) is 0 Å². The van der Waals surface area contributed by atoms with Gasteiger partial charge in [0.1, 0.15) is 5.56 Å². The lowest BCUT2D eigenvalue weighted by molar-refractivity contribution is 0.0938.